The average Bonchev–Trinajstić information content (AvgIpc) is 3.09. The predicted molar refractivity (Wildman–Crippen MR) is 82.2 cm³/mol. The average molecular weight is 305 g/mol. The van der Waals surface area contributed by atoms with E-state index in [0.29, 0.717) is 6.54 Å². The van der Waals surface area contributed by atoms with Gasteiger partial charge >= 0.3 is 0 Å². The molecular formula is C14H13ClN4S. The van der Waals surface area contributed by atoms with Gasteiger partial charge in [-0.2, -0.15) is 16.4 Å². The van der Waals surface area contributed by atoms with Crippen molar-refractivity contribution in [2.75, 3.05) is 5.32 Å². The van der Waals surface area contributed by atoms with E-state index in [4.69, 9.17) is 11.6 Å². The van der Waals surface area contributed by atoms with Crippen molar-refractivity contribution in [3.8, 4) is 0 Å². The topological polar surface area (TPSA) is 42.7 Å². The van der Waals surface area contributed by atoms with Crippen molar-refractivity contribution >= 4 is 28.6 Å². The number of anilines is 1. The van der Waals surface area contributed by atoms with E-state index < -0.39 is 0 Å². The summed E-state index contributed by atoms with van der Waals surface area (Å²) in [6.45, 7) is 1.45. The monoisotopic (exact) mass is 304 g/mol. The fourth-order valence-corrected chi connectivity index (χ4v) is 2.97. The molecule has 3 aromatic rings. The molecule has 1 N–H and O–H groups in total. The lowest BCUT2D eigenvalue weighted by Crippen LogP contribution is -2.02. The highest BCUT2D eigenvalue weighted by molar-refractivity contribution is 7.08. The largest absolute Gasteiger partial charge is 0.381 e. The van der Waals surface area contributed by atoms with Gasteiger partial charge in [-0.3, -0.25) is 0 Å². The lowest BCUT2D eigenvalue weighted by atomic mass is 10.2. The Labute approximate surface area is 126 Å². The molecule has 1 aromatic carbocycles. The third kappa shape index (κ3) is 3.18. The highest BCUT2D eigenvalue weighted by atomic mass is 35.5. The molecule has 3 rings (SSSR count). The summed E-state index contributed by atoms with van der Waals surface area (Å²) < 4.78 is 1.80. The molecule has 6 heteroatoms. The van der Waals surface area contributed by atoms with Crippen LogP contribution >= 0.6 is 22.9 Å². The molecule has 102 valence electrons. The van der Waals surface area contributed by atoms with Gasteiger partial charge in [0, 0.05) is 23.2 Å². The van der Waals surface area contributed by atoms with Crippen LogP contribution < -0.4 is 5.32 Å². The molecule has 0 fully saturated rings. The van der Waals surface area contributed by atoms with Gasteiger partial charge in [-0.15, -0.1) is 0 Å². The number of nitrogens with one attached hydrogen (secondary N) is 1. The molecular weight excluding hydrogens is 292 g/mol. The van der Waals surface area contributed by atoms with E-state index in [9.17, 15) is 0 Å². The van der Waals surface area contributed by atoms with Crippen LogP contribution in [0.5, 0.6) is 0 Å². The smallest absolute Gasteiger partial charge is 0.137 e. The van der Waals surface area contributed by atoms with E-state index in [1.807, 2.05) is 17.5 Å². The van der Waals surface area contributed by atoms with Crippen LogP contribution in [0.25, 0.3) is 0 Å². The Morgan fingerprint density at radius 2 is 2.25 bits per heavy atom. The van der Waals surface area contributed by atoms with Crippen LogP contribution in [0.15, 0.2) is 47.7 Å². The second kappa shape index (κ2) is 6.07. The van der Waals surface area contributed by atoms with E-state index in [0.717, 1.165) is 22.8 Å². The Kier molecular flexibility index (Phi) is 3.99. The maximum Gasteiger partial charge on any atom is 0.137 e. The fourth-order valence-electron chi connectivity index (χ4n) is 1.91. The van der Waals surface area contributed by atoms with Crippen LogP contribution in [0.2, 0.25) is 5.02 Å². The Morgan fingerprint density at radius 1 is 1.30 bits per heavy atom. The highest BCUT2D eigenvalue weighted by Gasteiger charge is 2.02. The second-order valence-electron chi connectivity index (χ2n) is 4.39. The van der Waals surface area contributed by atoms with Gasteiger partial charge in [0.05, 0.1) is 11.6 Å². The molecule has 2 heterocycles. The van der Waals surface area contributed by atoms with Crippen molar-refractivity contribution in [1.82, 2.24) is 14.8 Å². The third-order valence-electron chi connectivity index (χ3n) is 2.91. The maximum absolute atomic E-state index is 6.08. The van der Waals surface area contributed by atoms with Gasteiger partial charge in [0.2, 0.25) is 0 Å². The summed E-state index contributed by atoms with van der Waals surface area (Å²) in [5, 5.41) is 12.3. The summed E-state index contributed by atoms with van der Waals surface area (Å²) in [7, 11) is 0. The zero-order valence-electron chi connectivity index (χ0n) is 10.7. The zero-order valence-corrected chi connectivity index (χ0v) is 12.2. The van der Waals surface area contributed by atoms with E-state index in [1.54, 1.807) is 28.7 Å². The molecule has 0 unspecified atom stereocenters. The van der Waals surface area contributed by atoms with Gasteiger partial charge in [0.25, 0.3) is 0 Å². The van der Waals surface area contributed by atoms with E-state index in [2.05, 4.69) is 32.9 Å². The molecule has 4 nitrogen and oxygen atoms in total. The maximum atomic E-state index is 6.08. The van der Waals surface area contributed by atoms with Crippen molar-refractivity contribution in [2.45, 2.75) is 13.1 Å². The van der Waals surface area contributed by atoms with Gasteiger partial charge in [-0.1, -0.05) is 23.7 Å². The normalized spacial score (nSPS) is 10.7. The Hall–Kier alpha value is -1.85. The second-order valence-corrected chi connectivity index (χ2v) is 5.54. The molecule has 0 aliphatic carbocycles. The first kappa shape index (κ1) is 13.1. The molecule has 0 bridgehead atoms. The van der Waals surface area contributed by atoms with Gasteiger partial charge in [-0.05, 0) is 23.1 Å². The summed E-state index contributed by atoms with van der Waals surface area (Å²) in [5.74, 6) is 0. The quantitative estimate of drug-likeness (QED) is 0.782. The van der Waals surface area contributed by atoms with Crippen LogP contribution in [0.1, 0.15) is 11.1 Å². The number of aromatic nitrogens is 3. The van der Waals surface area contributed by atoms with Crippen LogP contribution in [-0.2, 0) is 13.1 Å². The molecule has 0 amide bonds. The van der Waals surface area contributed by atoms with Crippen LogP contribution in [0, 0.1) is 0 Å². The summed E-state index contributed by atoms with van der Waals surface area (Å²) >= 11 is 7.70. The minimum atomic E-state index is 0.717. The highest BCUT2D eigenvalue weighted by Crippen LogP contribution is 2.22. The molecule has 0 aliphatic rings. The van der Waals surface area contributed by atoms with Crippen LogP contribution in [0.3, 0.4) is 0 Å². The first-order valence-electron chi connectivity index (χ1n) is 6.17. The SMILES string of the molecule is Clc1cscc1CNc1cccc(Cn2cncn2)c1. The molecule has 0 radical (unpaired) electrons. The number of thiophene rings is 1. The third-order valence-corrected chi connectivity index (χ3v) is 4.18. The number of halogens is 1. The molecule has 0 saturated heterocycles. The minimum absolute atomic E-state index is 0.717. The minimum Gasteiger partial charge on any atom is -0.381 e. The number of benzene rings is 1. The van der Waals surface area contributed by atoms with Crippen molar-refractivity contribution in [1.29, 1.82) is 0 Å². The predicted octanol–water partition coefficient (Wildman–Crippen LogP) is 3.65. The van der Waals surface area contributed by atoms with E-state index in [1.165, 1.54) is 5.56 Å². The molecule has 0 saturated carbocycles. The van der Waals surface area contributed by atoms with Gasteiger partial charge < -0.3 is 5.32 Å². The lowest BCUT2D eigenvalue weighted by Gasteiger charge is -2.08. The molecule has 20 heavy (non-hydrogen) atoms. The van der Waals surface area contributed by atoms with Crippen molar-refractivity contribution in [2.24, 2.45) is 0 Å². The molecule has 0 atom stereocenters. The number of rotatable bonds is 5. The zero-order chi connectivity index (χ0) is 13.8. The van der Waals surface area contributed by atoms with Crippen molar-refractivity contribution in [3.05, 3.63) is 63.8 Å². The fraction of sp³-hybridized carbons (Fsp3) is 0.143. The summed E-state index contributed by atoms with van der Waals surface area (Å²) in [4.78, 5) is 3.94. The molecule has 0 spiro atoms. The molecule has 0 aliphatic heterocycles. The van der Waals surface area contributed by atoms with Crippen molar-refractivity contribution < 1.29 is 0 Å². The van der Waals surface area contributed by atoms with E-state index >= 15 is 0 Å². The first-order chi connectivity index (χ1) is 9.81. The number of nitrogens with zero attached hydrogens (tertiary/aromatic N) is 3. The first-order valence-corrected chi connectivity index (χ1v) is 7.49. The Bertz CT molecular complexity index is 678. The van der Waals surface area contributed by atoms with Gasteiger partial charge in [-0.25, -0.2) is 9.67 Å². The number of hydrogen-bond acceptors (Lipinski definition) is 4. The Balaban J connectivity index is 1.67. The number of hydrogen-bond donors (Lipinski definition) is 1. The summed E-state index contributed by atoms with van der Waals surface area (Å²) in [6, 6.07) is 8.27. The Morgan fingerprint density at radius 3 is 3.00 bits per heavy atom. The van der Waals surface area contributed by atoms with Gasteiger partial charge in [0.15, 0.2) is 0 Å². The molecule has 2 aromatic heterocycles. The standard InChI is InChI=1S/C14H13ClN4S/c15-14-8-20-7-12(14)5-17-13-3-1-2-11(4-13)6-19-10-16-9-18-19/h1-4,7-10,17H,5-6H2. The lowest BCUT2D eigenvalue weighted by molar-refractivity contribution is 0.685. The van der Waals surface area contributed by atoms with Gasteiger partial charge in [0.1, 0.15) is 12.7 Å². The van der Waals surface area contributed by atoms with E-state index in [-0.39, 0.29) is 0 Å². The summed E-state index contributed by atoms with van der Waals surface area (Å²) in [6.07, 6.45) is 3.26. The summed E-state index contributed by atoms with van der Waals surface area (Å²) in [5.41, 5.74) is 3.38. The van der Waals surface area contributed by atoms with Crippen molar-refractivity contribution in [3.63, 3.8) is 0 Å². The van der Waals surface area contributed by atoms with Crippen LogP contribution in [0.4, 0.5) is 5.69 Å². The van der Waals surface area contributed by atoms with Crippen LogP contribution in [-0.4, -0.2) is 14.8 Å².